The minimum Gasteiger partial charge on any atom is -0.352 e. The van der Waals surface area contributed by atoms with Crippen molar-refractivity contribution >= 4 is 5.91 Å². The lowest BCUT2D eigenvalue weighted by atomic mass is 10.2. The average molecular weight is 209 g/mol. The van der Waals surface area contributed by atoms with E-state index >= 15 is 0 Å². The fourth-order valence-corrected chi connectivity index (χ4v) is 1.68. The third-order valence-corrected chi connectivity index (χ3v) is 2.43. The molecule has 1 aliphatic heterocycles. The summed E-state index contributed by atoms with van der Waals surface area (Å²) < 4.78 is 1.67. The smallest absolute Gasteiger partial charge is 0.220 e. The van der Waals surface area contributed by atoms with Gasteiger partial charge in [-0.1, -0.05) is 5.21 Å². The molecule has 0 radical (unpaired) electrons. The molecule has 0 saturated carbocycles. The molecule has 1 saturated heterocycles. The van der Waals surface area contributed by atoms with Crippen molar-refractivity contribution in [3.63, 3.8) is 0 Å². The lowest BCUT2D eigenvalue weighted by Crippen LogP contribution is -2.35. The van der Waals surface area contributed by atoms with Gasteiger partial charge in [0.1, 0.15) is 0 Å². The van der Waals surface area contributed by atoms with Gasteiger partial charge in [-0.25, -0.2) is 0 Å². The predicted octanol–water partition coefficient (Wildman–Crippen LogP) is -0.817. The summed E-state index contributed by atoms with van der Waals surface area (Å²) in [6, 6.07) is 0.272. The first-order chi connectivity index (χ1) is 7.24. The van der Waals surface area contributed by atoms with E-state index in [2.05, 4.69) is 20.9 Å². The first kappa shape index (κ1) is 10.1. The highest BCUT2D eigenvalue weighted by Gasteiger charge is 2.19. The highest BCUT2D eigenvalue weighted by Crippen LogP contribution is 2.05. The lowest BCUT2D eigenvalue weighted by Gasteiger charge is -2.09. The highest BCUT2D eigenvalue weighted by molar-refractivity contribution is 5.78. The van der Waals surface area contributed by atoms with Crippen LogP contribution in [0.25, 0.3) is 0 Å². The zero-order valence-electron chi connectivity index (χ0n) is 8.73. The maximum atomic E-state index is 10.9. The van der Waals surface area contributed by atoms with Crippen LogP contribution in [0, 0.1) is 0 Å². The fourth-order valence-electron chi connectivity index (χ4n) is 1.68. The quantitative estimate of drug-likeness (QED) is 0.680. The van der Waals surface area contributed by atoms with Crippen LogP contribution in [-0.2, 0) is 18.4 Å². The summed E-state index contributed by atoms with van der Waals surface area (Å²) in [5.41, 5.74) is 0.918. The van der Waals surface area contributed by atoms with Gasteiger partial charge in [0.05, 0.1) is 5.69 Å². The van der Waals surface area contributed by atoms with Gasteiger partial charge in [0.2, 0.25) is 5.91 Å². The Morgan fingerprint density at radius 2 is 2.60 bits per heavy atom. The van der Waals surface area contributed by atoms with E-state index in [1.54, 1.807) is 4.68 Å². The zero-order chi connectivity index (χ0) is 10.7. The molecule has 0 aromatic carbocycles. The van der Waals surface area contributed by atoms with Crippen LogP contribution in [0.3, 0.4) is 0 Å². The van der Waals surface area contributed by atoms with Gasteiger partial charge >= 0.3 is 0 Å². The van der Waals surface area contributed by atoms with Crippen molar-refractivity contribution in [2.75, 3.05) is 6.54 Å². The largest absolute Gasteiger partial charge is 0.352 e. The molecule has 1 aromatic heterocycles. The summed E-state index contributed by atoms with van der Waals surface area (Å²) in [7, 11) is 1.84. The van der Waals surface area contributed by atoms with Gasteiger partial charge in [0.25, 0.3) is 0 Å². The molecule has 82 valence electrons. The second kappa shape index (κ2) is 4.39. The van der Waals surface area contributed by atoms with Crippen LogP contribution >= 0.6 is 0 Å². The lowest BCUT2D eigenvalue weighted by molar-refractivity contribution is -0.119. The number of hydrogen-bond acceptors (Lipinski definition) is 4. The molecule has 0 bridgehead atoms. The van der Waals surface area contributed by atoms with Crippen molar-refractivity contribution < 1.29 is 4.79 Å². The monoisotopic (exact) mass is 209 g/mol. The predicted molar refractivity (Wildman–Crippen MR) is 53.9 cm³/mol. The van der Waals surface area contributed by atoms with Crippen molar-refractivity contribution in [3.05, 3.63) is 11.9 Å². The van der Waals surface area contributed by atoms with Gasteiger partial charge in [0.15, 0.2) is 0 Å². The first-order valence-corrected chi connectivity index (χ1v) is 5.09. The van der Waals surface area contributed by atoms with E-state index < -0.39 is 0 Å². The van der Waals surface area contributed by atoms with Crippen molar-refractivity contribution in [1.82, 2.24) is 25.6 Å². The first-order valence-electron chi connectivity index (χ1n) is 5.09. The normalized spacial score (nSPS) is 20.6. The maximum Gasteiger partial charge on any atom is 0.220 e. The van der Waals surface area contributed by atoms with E-state index in [0.717, 1.165) is 18.7 Å². The van der Waals surface area contributed by atoms with Crippen LogP contribution in [0.15, 0.2) is 6.20 Å². The Hall–Kier alpha value is -1.43. The molecule has 6 heteroatoms. The number of nitrogens with zero attached hydrogens (tertiary/aromatic N) is 3. The molecule has 15 heavy (non-hydrogen) atoms. The topological polar surface area (TPSA) is 71.8 Å². The van der Waals surface area contributed by atoms with Crippen LogP contribution in [0.1, 0.15) is 18.5 Å². The number of rotatable bonds is 4. The molecule has 0 aliphatic carbocycles. The maximum absolute atomic E-state index is 10.9. The summed E-state index contributed by atoms with van der Waals surface area (Å²) >= 11 is 0. The Kier molecular flexibility index (Phi) is 2.96. The average Bonchev–Trinajstić information content (AvgIpc) is 2.76. The zero-order valence-corrected chi connectivity index (χ0v) is 8.73. The van der Waals surface area contributed by atoms with Crippen LogP contribution in [0.4, 0.5) is 0 Å². The second-order valence-corrected chi connectivity index (χ2v) is 3.82. The minimum absolute atomic E-state index is 0.154. The van der Waals surface area contributed by atoms with Gasteiger partial charge in [0, 0.05) is 38.8 Å². The third-order valence-electron chi connectivity index (χ3n) is 2.43. The number of hydrogen-bond donors (Lipinski definition) is 2. The van der Waals surface area contributed by atoms with E-state index in [1.807, 2.05) is 13.2 Å². The summed E-state index contributed by atoms with van der Waals surface area (Å²) in [5.74, 6) is 0.154. The Morgan fingerprint density at radius 3 is 3.20 bits per heavy atom. The minimum atomic E-state index is 0.154. The molecular formula is C9H15N5O. The summed E-state index contributed by atoms with van der Waals surface area (Å²) in [6.07, 6.45) is 3.45. The molecule has 2 rings (SSSR count). The van der Waals surface area contributed by atoms with E-state index in [9.17, 15) is 4.79 Å². The van der Waals surface area contributed by atoms with Crippen molar-refractivity contribution in [1.29, 1.82) is 0 Å². The Balaban J connectivity index is 1.69. The van der Waals surface area contributed by atoms with Crippen molar-refractivity contribution in [2.24, 2.45) is 7.05 Å². The summed E-state index contributed by atoms with van der Waals surface area (Å²) in [5, 5.41) is 13.9. The molecule has 2 heterocycles. The fraction of sp³-hybridized carbons (Fsp3) is 0.667. The number of amides is 1. The Bertz CT molecular complexity index is 348. The SMILES string of the molecule is Cn1cc(CNCC2CCC(=O)N2)nn1. The van der Waals surface area contributed by atoms with Gasteiger partial charge in [-0.05, 0) is 6.42 Å². The second-order valence-electron chi connectivity index (χ2n) is 3.82. The number of carbonyl (C=O) groups excluding carboxylic acids is 1. The molecule has 1 unspecified atom stereocenters. The van der Waals surface area contributed by atoms with Crippen molar-refractivity contribution in [2.45, 2.75) is 25.4 Å². The number of aromatic nitrogens is 3. The Morgan fingerprint density at radius 1 is 1.73 bits per heavy atom. The van der Waals surface area contributed by atoms with Crippen LogP contribution in [-0.4, -0.2) is 33.5 Å². The molecule has 1 atom stereocenters. The standard InChI is InChI=1S/C9H15N5O/c1-14-6-8(12-13-14)5-10-4-7-2-3-9(15)11-7/h6-7,10H,2-5H2,1H3,(H,11,15). The summed E-state index contributed by atoms with van der Waals surface area (Å²) in [6.45, 7) is 1.49. The molecule has 1 fully saturated rings. The molecular weight excluding hydrogens is 194 g/mol. The number of carbonyl (C=O) groups is 1. The van der Waals surface area contributed by atoms with E-state index in [0.29, 0.717) is 13.0 Å². The summed E-state index contributed by atoms with van der Waals surface area (Å²) in [4.78, 5) is 10.9. The van der Waals surface area contributed by atoms with Gasteiger partial charge in [-0.15, -0.1) is 5.10 Å². The van der Waals surface area contributed by atoms with Gasteiger partial charge < -0.3 is 10.6 Å². The third kappa shape index (κ3) is 2.76. The van der Waals surface area contributed by atoms with Crippen LogP contribution < -0.4 is 10.6 Å². The van der Waals surface area contributed by atoms with E-state index in [1.165, 1.54) is 0 Å². The van der Waals surface area contributed by atoms with Crippen LogP contribution in [0.2, 0.25) is 0 Å². The van der Waals surface area contributed by atoms with Crippen LogP contribution in [0.5, 0.6) is 0 Å². The molecule has 1 aromatic rings. The molecule has 2 N–H and O–H groups in total. The highest BCUT2D eigenvalue weighted by atomic mass is 16.1. The Labute approximate surface area is 88.0 Å². The molecule has 1 aliphatic rings. The molecule has 1 amide bonds. The van der Waals surface area contributed by atoms with Gasteiger partial charge in [-0.3, -0.25) is 9.48 Å². The molecule has 6 nitrogen and oxygen atoms in total. The molecule has 0 spiro atoms. The number of nitrogens with one attached hydrogen (secondary N) is 2. The number of aryl methyl sites for hydroxylation is 1. The van der Waals surface area contributed by atoms with E-state index in [-0.39, 0.29) is 11.9 Å². The van der Waals surface area contributed by atoms with Crippen molar-refractivity contribution in [3.8, 4) is 0 Å². The van der Waals surface area contributed by atoms with E-state index in [4.69, 9.17) is 0 Å². The van der Waals surface area contributed by atoms with Gasteiger partial charge in [-0.2, -0.15) is 0 Å².